The number of pyridine rings is 1. The molecule has 0 radical (unpaired) electrons. The molecule has 4 heterocycles. The highest BCUT2D eigenvalue weighted by atomic mass is 32.2. The first-order valence-electron chi connectivity index (χ1n) is 12.9. The first-order chi connectivity index (χ1) is 17.3. The fraction of sp³-hybridized carbons (Fsp3) is 0.481. The lowest BCUT2D eigenvalue weighted by Crippen LogP contribution is -2.38. The van der Waals surface area contributed by atoms with Crippen LogP contribution in [-0.2, 0) is 16.6 Å². The number of benzene rings is 1. The number of hydrogen-bond donors (Lipinski definition) is 2. The number of nitrogens with zero attached hydrogens (tertiary/aromatic N) is 3. The zero-order chi connectivity index (χ0) is 25.4. The summed E-state index contributed by atoms with van der Waals surface area (Å²) in [5.74, 6) is -0.145. The maximum atomic E-state index is 12.4. The van der Waals surface area contributed by atoms with E-state index in [9.17, 15) is 13.2 Å². The molecule has 36 heavy (non-hydrogen) atoms. The monoisotopic (exact) mass is 509 g/mol. The van der Waals surface area contributed by atoms with Crippen LogP contribution in [0.3, 0.4) is 0 Å². The number of nitrogens with one attached hydrogen (secondary N) is 1. The highest BCUT2D eigenvalue weighted by Crippen LogP contribution is 2.37. The third-order valence-electron chi connectivity index (χ3n) is 7.94. The molecule has 0 spiro atoms. The van der Waals surface area contributed by atoms with Crippen LogP contribution in [0.4, 0.5) is 0 Å². The van der Waals surface area contributed by atoms with Gasteiger partial charge in [-0.2, -0.15) is 0 Å². The Balaban J connectivity index is 1.48. The van der Waals surface area contributed by atoms with E-state index in [0.29, 0.717) is 24.7 Å². The van der Waals surface area contributed by atoms with Gasteiger partial charge in [-0.1, -0.05) is 0 Å². The number of carbonyl (C=O) groups excluding carboxylic acids is 1. The molecular formula is C27H35N5O3S. The summed E-state index contributed by atoms with van der Waals surface area (Å²) in [6.07, 6.45) is 9.66. The number of aromatic amines is 1. The molecule has 8 nitrogen and oxygen atoms in total. The Bertz CT molecular complexity index is 1380. The predicted molar refractivity (Wildman–Crippen MR) is 142 cm³/mol. The third-order valence-corrected chi connectivity index (χ3v) is 9.82. The molecule has 192 valence electrons. The fourth-order valence-electron chi connectivity index (χ4n) is 5.77. The average molecular weight is 510 g/mol. The Morgan fingerprint density at radius 2 is 1.89 bits per heavy atom. The van der Waals surface area contributed by atoms with E-state index >= 15 is 0 Å². The fourth-order valence-corrected chi connectivity index (χ4v) is 6.91. The third kappa shape index (κ3) is 4.79. The number of rotatable bonds is 7. The minimum absolute atomic E-state index is 0.125. The Morgan fingerprint density at radius 3 is 2.56 bits per heavy atom. The molecule has 3 N–H and O–H groups in total. The van der Waals surface area contributed by atoms with E-state index in [4.69, 9.17) is 5.73 Å². The minimum Gasteiger partial charge on any atom is -0.366 e. The number of sulfonamides is 1. The number of amides is 1. The van der Waals surface area contributed by atoms with E-state index < -0.39 is 15.9 Å². The molecule has 1 amide bonds. The molecule has 1 atom stereocenters. The molecule has 5 rings (SSSR count). The zero-order valence-corrected chi connectivity index (χ0v) is 21.9. The number of H-pyrrole nitrogens is 1. The number of hydrogen-bond acceptors (Lipinski definition) is 5. The Labute approximate surface area is 212 Å². The van der Waals surface area contributed by atoms with Crippen LogP contribution in [-0.4, -0.2) is 64.9 Å². The van der Waals surface area contributed by atoms with Gasteiger partial charge >= 0.3 is 0 Å². The van der Waals surface area contributed by atoms with Gasteiger partial charge in [0.05, 0.1) is 16.8 Å². The van der Waals surface area contributed by atoms with Crippen molar-refractivity contribution in [3.8, 4) is 11.1 Å². The Hall–Kier alpha value is -2.75. The van der Waals surface area contributed by atoms with Crippen molar-refractivity contribution in [1.29, 1.82) is 0 Å². The van der Waals surface area contributed by atoms with Crippen molar-refractivity contribution in [1.82, 2.24) is 19.2 Å². The summed E-state index contributed by atoms with van der Waals surface area (Å²) in [5.41, 5.74) is 11.1. The molecule has 1 aromatic carbocycles. The standard InChI is InChI=1S/C27H35N5O3S/c1-3-36(34,35)32-9-6-20(7-10-32)25-16-30-26-23(25)12-21(13-24(26)27(28)33)22-11-19(14-29-15-22)17-31-8-4-5-18(31)2/h11-16,18,20,30H,3-10,17H2,1-2H3,(H2,28,33). The molecule has 2 aliphatic rings. The summed E-state index contributed by atoms with van der Waals surface area (Å²) >= 11 is 0. The molecule has 2 fully saturated rings. The number of primary amides is 1. The molecule has 9 heteroatoms. The lowest BCUT2D eigenvalue weighted by molar-refractivity contribution is 0.100. The van der Waals surface area contributed by atoms with Crippen molar-refractivity contribution in [2.45, 2.75) is 58.0 Å². The minimum atomic E-state index is -3.18. The van der Waals surface area contributed by atoms with Crippen LogP contribution in [0, 0.1) is 0 Å². The van der Waals surface area contributed by atoms with Crippen LogP contribution < -0.4 is 5.73 Å². The van der Waals surface area contributed by atoms with Crippen LogP contribution >= 0.6 is 0 Å². The molecule has 0 saturated carbocycles. The van der Waals surface area contributed by atoms with Gasteiger partial charge < -0.3 is 10.7 Å². The Kier molecular flexibility index (Phi) is 6.89. The normalized spacial score (nSPS) is 20.3. The van der Waals surface area contributed by atoms with Gasteiger partial charge in [0, 0.05) is 55.2 Å². The van der Waals surface area contributed by atoms with Gasteiger partial charge in [-0.3, -0.25) is 14.7 Å². The first-order valence-corrected chi connectivity index (χ1v) is 14.5. The number of aromatic nitrogens is 2. The van der Waals surface area contributed by atoms with E-state index in [-0.39, 0.29) is 11.7 Å². The summed E-state index contributed by atoms with van der Waals surface area (Å²) in [4.78, 5) is 22.7. The predicted octanol–water partition coefficient (Wildman–Crippen LogP) is 3.84. The number of likely N-dealkylation sites (tertiary alicyclic amines) is 1. The smallest absolute Gasteiger partial charge is 0.250 e. The lowest BCUT2D eigenvalue weighted by atomic mass is 9.88. The van der Waals surface area contributed by atoms with Crippen molar-refractivity contribution >= 4 is 26.8 Å². The van der Waals surface area contributed by atoms with Gasteiger partial charge in [0.2, 0.25) is 10.0 Å². The first kappa shape index (κ1) is 24.9. The molecule has 3 aromatic rings. The summed E-state index contributed by atoms with van der Waals surface area (Å²) < 4.78 is 26.2. The summed E-state index contributed by atoms with van der Waals surface area (Å²) in [6, 6.07) is 6.69. The molecule has 1 unspecified atom stereocenters. The van der Waals surface area contributed by atoms with Crippen LogP contribution in [0.5, 0.6) is 0 Å². The second kappa shape index (κ2) is 9.95. The topological polar surface area (TPSA) is 112 Å². The van der Waals surface area contributed by atoms with E-state index in [1.807, 2.05) is 24.7 Å². The highest BCUT2D eigenvalue weighted by Gasteiger charge is 2.29. The van der Waals surface area contributed by atoms with Crippen molar-refractivity contribution in [3.63, 3.8) is 0 Å². The lowest BCUT2D eigenvalue weighted by Gasteiger charge is -2.31. The summed E-state index contributed by atoms with van der Waals surface area (Å²) in [7, 11) is -3.18. The van der Waals surface area contributed by atoms with Crippen molar-refractivity contribution < 1.29 is 13.2 Å². The quantitative estimate of drug-likeness (QED) is 0.503. The molecule has 2 saturated heterocycles. The molecule has 2 aliphatic heterocycles. The van der Waals surface area contributed by atoms with Crippen molar-refractivity contribution in [3.05, 3.63) is 53.5 Å². The number of carbonyl (C=O) groups is 1. The van der Waals surface area contributed by atoms with E-state index in [1.165, 1.54) is 12.8 Å². The van der Waals surface area contributed by atoms with E-state index in [2.05, 4.69) is 33.9 Å². The SMILES string of the molecule is CCS(=O)(=O)N1CCC(c2c[nH]c3c(C(N)=O)cc(-c4cncc(CN5CCCC5C)c4)cc23)CC1. The highest BCUT2D eigenvalue weighted by molar-refractivity contribution is 7.89. The molecule has 0 bridgehead atoms. The average Bonchev–Trinajstić information content (AvgIpc) is 3.49. The summed E-state index contributed by atoms with van der Waals surface area (Å²) in [5, 5.41) is 0.969. The van der Waals surface area contributed by atoms with E-state index in [0.717, 1.165) is 59.1 Å². The van der Waals surface area contributed by atoms with Crippen molar-refractivity contribution in [2.75, 3.05) is 25.4 Å². The maximum absolute atomic E-state index is 12.4. The largest absolute Gasteiger partial charge is 0.366 e. The maximum Gasteiger partial charge on any atom is 0.250 e. The van der Waals surface area contributed by atoms with Gasteiger partial charge in [0.15, 0.2) is 0 Å². The van der Waals surface area contributed by atoms with Crippen LogP contribution in [0.1, 0.15) is 66.9 Å². The van der Waals surface area contributed by atoms with Crippen LogP contribution in [0.15, 0.2) is 36.8 Å². The molecular weight excluding hydrogens is 474 g/mol. The van der Waals surface area contributed by atoms with Gasteiger partial charge in [-0.15, -0.1) is 0 Å². The van der Waals surface area contributed by atoms with Gasteiger partial charge in [0.1, 0.15) is 0 Å². The number of fused-ring (bicyclic) bond motifs is 1. The van der Waals surface area contributed by atoms with Crippen molar-refractivity contribution in [2.24, 2.45) is 5.73 Å². The van der Waals surface area contributed by atoms with Crippen LogP contribution in [0.2, 0.25) is 0 Å². The molecule has 0 aliphatic carbocycles. The zero-order valence-electron chi connectivity index (χ0n) is 21.0. The van der Waals surface area contributed by atoms with Crippen LogP contribution in [0.25, 0.3) is 22.0 Å². The molecule has 2 aromatic heterocycles. The van der Waals surface area contributed by atoms with Gasteiger partial charge in [-0.05, 0) is 86.9 Å². The second-order valence-electron chi connectivity index (χ2n) is 10.2. The van der Waals surface area contributed by atoms with E-state index in [1.54, 1.807) is 11.2 Å². The number of piperidine rings is 1. The number of nitrogens with two attached hydrogens (primary N) is 1. The van der Waals surface area contributed by atoms with Gasteiger partial charge in [0.25, 0.3) is 5.91 Å². The summed E-state index contributed by atoms with van der Waals surface area (Å²) in [6.45, 7) is 6.94. The Morgan fingerprint density at radius 1 is 1.11 bits per heavy atom. The van der Waals surface area contributed by atoms with Gasteiger partial charge in [-0.25, -0.2) is 12.7 Å². The second-order valence-corrected chi connectivity index (χ2v) is 12.4.